The number of hydrogen-bond acceptors (Lipinski definition) is 5. The summed E-state index contributed by atoms with van der Waals surface area (Å²) < 4.78 is 58.0. The van der Waals surface area contributed by atoms with Crippen LogP contribution in [0.1, 0.15) is 5.56 Å². The number of alkyl halides is 3. The standard InChI is InChI=1S/C9H9F3NO5P/c1-17-19(2,16)18-8-4-3-6(9(10,11)12)5-7(8)13(14)15/h3-5H,1-2H3. The molecule has 1 aromatic rings. The molecule has 106 valence electrons. The van der Waals surface area contributed by atoms with Crippen LogP contribution in [0.5, 0.6) is 5.75 Å². The van der Waals surface area contributed by atoms with Crippen LogP contribution in [-0.2, 0) is 15.3 Å². The van der Waals surface area contributed by atoms with Gasteiger partial charge in [0, 0.05) is 19.8 Å². The van der Waals surface area contributed by atoms with Gasteiger partial charge >= 0.3 is 19.5 Å². The molecule has 0 bridgehead atoms. The Morgan fingerprint density at radius 2 is 1.95 bits per heavy atom. The molecule has 0 aliphatic heterocycles. The van der Waals surface area contributed by atoms with Gasteiger partial charge in [-0.25, -0.2) is 4.57 Å². The number of benzene rings is 1. The first-order valence-electron chi connectivity index (χ1n) is 4.75. The van der Waals surface area contributed by atoms with Gasteiger partial charge in [0.15, 0.2) is 0 Å². The van der Waals surface area contributed by atoms with Gasteiger partial charge in [-0.2, -0.15) is 13.2 Å². The lowest BCUT2D eigenvalue weighted by molar-refractivity contribution is -0.385. The van der Waals surface area contributed by atoms with E-state index in [4.69, 9.17) is 4.52 Å². The lowest BCUT2D eigenvalue weighted by Crippen LogP contribution is -2.06. The average molecular weight is 299 g/mol. The molecule has 6 nitrogen and oxygen atoms in total. The largest absolute Gasteiger partial charge is 0.417 e. The zero-order valence-corrected chi connectivity index (χ0v) is 10.7. The molecule has 0 heterocycles. The Bertz CT molecular complexity index is 545. The molecule has 0 aliphatic carbocycles. The first-order chi connectivity index (χ1) is 8.57. The minimum atomic E-state index is -4.72. The maximum atomic E-state index is 12.4. The van der Waals surface area contributed by atoms with Crippen molar-refractivity contribution >= 4 is 13.3 Å². The van der Waals surface area contributed by atoms with Crippen LogP contribution >= 0.6 is 7.60 Å². The van der Waals surface area contributed by atoms with Gasteiger partial charge in [-0.05, 0) is 12.1 Å². The van der Waals surface area contributed by atoms with E-state index in [0.29, 0.717) is 12.1 Å². The average Bonchev–Trinajstić information content (AvgIpc) is 2.27. The zero-order valence-electron chi connectivity index (χ0n) is 9.80. The van der Waals surface area contributed by atoms with Crippen molar-refractivity contribution in [2.24, 2.45) is 0 Å². The molecule has 1 aromatic carbocycles. The molecule has 0 aliphatic rings. The normalized spacial score (nSPS) is 14.8. The van der Waals surface area contributed by atoms with E-state index >= 15 is 0 Å². The second-order valence-electron chi connectivity index (χ2n) is 3.48. The fraction of sp³-hybridized carbons (Fsp3) is 0.333. The Balaban J connectivity index is 3.28. The molecule has 0 N–H and O–H groups in total. The van der Waals surface area contributed by atoms with Gasteiger partial charge in [0.05, 0.1) is 10.5 Å². The fourth-order valence-corrected chi connectivity index (χ4v) is 1.72. The Hall–Kier alpha value is -1.60. The van der Waals surface area contributed by atoms with E-state index < -0.39 is 35.7 Å². The van der Waals surface area contributed by atoms with Gasteiger partial charge in [0.2, 0.25) is 5.75 Å². The highest BCUT2D eigenvalue weighted by Gasteiger charge is 2.34. The minimum Gasteiger partial charge on any atom is -0.417 e. The maximum absolute atomic E-state index is 12.4. The van der Waals surface area contributed by atoms with E-state index in [0.717, 1.165) is 19.8 Å². The van der Waals surface area contributed by atoms with Gasteiger partial charge in [0.25, 0.3) is 0 Å². The third kappa shape index (κ3) is 3.93. The zero-order chi connectivity index (χ0) is 14.8. The first-order valence-corrected chi connectivity index (χ1v) is 6.74. The van der Waals surface area contributed by atoms with Crippen LogP contribution in [0.3, 0.4) is 0 Å². The van der Waals surface area contributed by atoms with E-state index in [9.17, 15) is 27.9 Å². The van der Waals surface area contributed by atoms with E-state index in [-0.39, 0.29) is 0 Å². The second kappa shape index (κ2) is 5.18. The summed E-state index contributed by atoms with van der Waals surface area (Å²) in [5, 5.41) is 10.7. The SMILES string of the molecule is COP(C)(=O)Oc1ccc(C(F)(F)F)cc1[N+](=O)[O-]. The van der Waals surface area contributed by atoms with Crippen LogP contribution in [0.2, 0.25) is 0 Å². The molecule has 0 fully saturated rings. The summed E-state index contributed by atoms with van der Waals surface area (Å²) >= 11 is 0. The number of hydrogen-bond donors (Lipinski definition) is 0. The predicted octanol–water partition coefficient (Wildman–Crippen LogP) is 3.46. The molecule has 0 aromatic heterocycles. The molecule has 19 heavy (non-hydrogen) atoms. The Morgan fingerprint density at radius 1 is 1.37 bits per heavy atom. The third-order valence-corrected chi connectivity index (χ3v) is 3.27. The molecule has 1 unspecified atom stereocenters. The molecule has 0 saturated heterocycles. The minimum absolute atomic E-state index is 0.311. The van der Waals surface area contributed by atoms with Crippen LogP contribution in [0.25, 0.3) is 0 Å². The van der Waals surface area contributed by atoms with Crippen molar-refractivity contribution in [2.75, 3.05) is 13.8 Å². The van der Waals surface area contributed by atoms with Crippen LogP contribution in [0, 0.1) is 10.1 Å². The molecule has 1 rings (SSSR count). The van der Waals surface area contributed by atoms with Crippen molar-refractivity contribution in [1.29, 1.82) is 0 Å². The molecular weight excluding hydrogens is 290 g/mol. The van der Waals surface area contributed by atoms with Gasteiger partial charge < -0.3 is 9.05 Å². The van der Waals surface area contributed by atoms with E-state index in [1.807, 2.05) is 0 Å². The lowest BCUT2D eigenvalue weighted by Gasteiger charge is -2.13. The number of rotatable bonds is 4. The summed E-state index contributed by atoms with van der Waals surface area (Å²) in [7, 11) is -2.55. The molecule has 0 saturated carbocycles. The molecule has 0 amide bonds. The quantitative estimate of drug-likeness (QED) is 0.483. The maximum Gasteiger partial charge on any atom is 0.416 e. The van der Waals surface area contributed by atoms with Crippen molar-refractivity contribution in [3.8, 4) is 5.75 Å². The summed E-state index contributed by atoms with van der Waals surface area (Å²) in [6.07, 6.45) is -4.72. The molecule has 0 spiro atoms. The summed E-state index contributed by atoms with van der Waals surface area (Å²) in [6.45, 7) is 1.04. The Kier molecular flexibility index (Phi) is 4.21. The summed E-state index contributed by atoms with van der Waals surface area (Å²) in [4.78, 5) is 9.65. The Labute approximate surface area is 105 Å². The van der Waals surface area contributed by atoms with Crippen LogP contribution < -0.4 is 4.52 Å². The molecule has 10 heteroatoms. The summed E-state index contributed by atoms with van der Waals surface area (Å²) in [6, 6.07) is 1.64. The molecule has 0 radical (unpaired) electrons. The second-order valence-corrected chi connectivity index (χ2v) is 5.57. The highest BCUT2D eigenvalue weighted by atomic mass is 31.2. The number of halogens is 3. The summed E-state index contributed by atoms with van der Waals surface area (Å²) in [5.41, 5.74) is -2.14. The van der Waals surface area contributed by atoms with Gasteiger partial charge in [0.1, 0.15) is 0 Å². The Morgan fingerprint density at radius 3 is 2.37 bits per heavy atom. The fourth-order valence-electron chi connectivity index (χ4n) is 1.13. The highest BCUT2D eigenvalue weighted by molar-refractivity contribution is 7.53. The molecular formula is C9H9F3NO5P. The molecule has 1 atom stereocenters. The number of nitro groups is 1. The highest BCUT2D eigenvalue weighted by Crippen LogP contribution is 2.47. The van der Waals surface area contributed by atoms with Crippen molar-refractivity contribution < 1.29 is 31.7 Å². The number of nitrogens with zero attached hydrogens (tertiary/aromatic N) is 1. The smallest absolute Gasteiger partial charge is 0.416 e. The van der Waals surface area contributed by atoms with Crippen molar-refractivity contribution in [3.63, 3.8) is 0 Å². The third-order valence-electron chi connectivity index (χ3n) is 2.08. The van der Waals surface area contributed by atoms with E-state index in [1.165, 1.54) is 0 Å². The lowest BCUT2D eigenvalue weighted by atomic mass is 10.2. The van der Waals surface area contributed by atoms with Crippen LogP contribution in [0.4, 0.5) is 18.9 Å². The van der Waals surface area contributed by atoms with Gasteiger partial charge in [-0.15, -0.1) is 0 Å². The van der Waals surface area contributed by atoms with Crippen molar-refractivity contribution in [1.82, 2.24) is 0 Å². The van der Waals surface area contributed by atoms with Crippen molar-refractivity contribution in [3.05, 3.63) is 33.9 Å². The van der Waals surface area contributed by atoms with Crippen LogP contribution in [-0.4, -0.2) is 18.7 Å². The monoisotopic (exact) mass is 299 g/mol. The topological polar surface area (TPSA) is 78.7 Å². The van der Waals surface area contributed by atoms with E-state index in [2.05, 4.69) is 4.52 Å². The van der Waals surface area contributed by atoms with E-state index in [1.54, 1.807) is 0 Å². The van der Waals surface area contributed by atoms with Crippen molar-refractivity contribution in [2.45, 2.75) is 6.18 Å². The van der Waals surface area contributed by atoms with Crippen LogP contribution in [0.15, 0.2) is 18.2 Å². The number of nitro benzene ring substituents is 1. The van der Waals surface area contributed by atoms with Gasteiger partial charge in [-0.1, -0.05) is 0 Å². The predicted molar refractivity (Wildman–Crippen MR) is 59.3 cm³/mol. The van der Waals surface area contributed by atoms with Gasteiger partial charge in [-0.3, -0.25) is 10.1 Å². The first kappa shape index (κ1) is 15.5. The summed E-state index contributed by atoms with van der Waals surface area (Å²) in [5.74, 6) is -0.550.